The smallest absolute Gasteiger partial charge is 0.126 e. The van der Waals surface area contributed by atoms with Crippen molar-refractivity contribution in [3.8, 4) is 0 Å². The van der Waals surface area contributed by atoms with Crippen LogP contribution in [0.1, 0.15) is 70.3 Å². The van der Waals surface area contributed by atoms with Gasteiger partial charge in [-0.25, -0.2) is 8.78 Å². The Hall–Kier alpha value is -0.960. The number of halogens is 2. The van der Waals surface area contributed by atoms with Crippen LogP contribution in [0.4, 0.5) is 8.78 Å². The Labute approximate surface area is 127 Å². The minimum atomic E-state index is -0.579. The number of rotatable bonds is 11. The van der Waals surface area contributed by atoms with Crippen molar-refractivity contribution in [2.45, 2.75) is 77.2 Å². The quantitative estimate of drug-likeness (QED) is 0.542. The second-order valence-corrected chi connectivity index (χ2v) is 5.90. The Morgan fingerprint density at radius 3 is 1.95 bits per heavy atom. The van der Waals surface area contributed by atoms with Crippen molar-refractivity contribution in [1.82, 2.24) is 0 Å². The zero-order chi connectivity index (χ0) is 15.5. The summed E-state index contributed by atoms with van der Waals surface area (Å²) in [5.74, 6) is -1.16. The van der Waals surface area contributed by atoms with Crippen molar-refractivity contribution in [2.75, 3.05) is 0 Å². The lowest BCUT2D eigenvalue weighted by Gasteiger charge is -2.11. The van der Waals surface area contributed by atoms with Crippen molar-refractivity contribution in [3.05, 3.63) is 35.4 Å². The maximum absolute atomic E-state index is 13.0. The zero-order valence-electron chi connectivity index (χ0n) is 13.1. The van der Waals surface area contributed by atoms with Gasteiger partial charge in [-0.2, -0.15) is 0 Å². The van der Waals surface area contributed by atoms with Crippen LogP contribution in [0.15, 0.2) is 18.2 Å². The van der Waals surface area contributed by atoms with E-state index < -0.39 is 17.7 Å². The van der Waals surface area contributed by atoms with E-state index in [1.807, 2.05) is 0 Å². The van der Waals surface area contributed by atoms with Crippen molar-refractivity contribution in [1.29, 1.82) is 0 Å². The fourth-order valence-corrected chi connectivity index (χ4v) is 2.62. The van der Waals surface area contributed by atoms with Crippen LogP contribution in [0, 0.1) is 11.6 Å². The summed E-state index contributed by atoms with van der Waals surface area (Å²) in [6.07, 6.45) is 10.3. The average Bonchev–Trinajstić information content (AvgIpc) is 2.40. The Bertz CT molecular complexity index is 373. The Morgan fingerprint density at radius 1 is 0.857 bits per heavy atom. The van der Waals surface area contributed by atoms with Crippen molar-refractivity contribution in [2.24, 2.45) is 0 Å². The normalized spacial score (nSPS) is 12.6. The van der Waals surface area contributed by atoms with Gasteiger partial charge in [-0.05, 0) is 30.5 Å². The predicted molar refractivity (Wildman–Crippen MR) is 83.3 cm³/mol. The molecule has 120 valence electrons. The monoisotopic (exact) mass is 298 g/mol. The van der Waals surface area contributed by atoms with Crippen LogP contribution in [0.25, 0.3) is 0 Å². The molecule has 0 aliphatic carbocycles. The highest BCUT2D eigenvalue weighted by molar-refractivity contribution is 5.18. The Kier molecular flexibility index (Phi) is 9.24. The topological polar surface area (TPSA) is 20.2 Å². The van der Waals surface area contributed by atoms with Gasteiger partial charge >= 0.3 is 0 Å². The lowest BCUT2D eigenvalue weighted by Crippen LogP contribution is -2.10. The van der Waals surface area contributed by atoms with Crippen molar-refractivity contribution >= 4 is 0 Å². The molecule has 1 nitrogen and oxygen atoms in total. The maximum Gasteiger partial charge on any atom is 0.126 e. The van der Waals surface area contributed by atoms with E-state index in [9.17, 15) is 13.9 Å². The first-order valence-electron chi connectivity index (χ1n) is 8.25. The summed E-state index contributed by atoms with van der Waals surface area (Å²) in [7, 11) is 0. The van der Waals surface area contributed by atoms with Gasteiger partial charge in [0.05, 0.1) is 6.10 Å². The number of hydrogen-bond donors (Lipinski definition) is 1. The van der Waals surface area contributed by atoms with E-state index in [2.05, 4.69) is 6.92 Å². The molecule has 0 spiro atoms. The number of benzene rings is 1. The summed E-state index contributed by atoms with van der Waals surface area (Å²) < 4.78 is 26.1. The minimum Gasteiger partial charge on any atom is -0.393 e. The van der Waals surface area contributed by atoms with Gasteiger partial charge in [-0.15, -0.1) is 0 Å². The summed E-state index contributed by atoms with van der Waals surface area (Å²) in [4.78, 5) is 0. The average molecular weight is 298 g/mol. The molecule has 0 aliphatic heterocycles. The van der Waals surface area contributed by atoms with Crippen LogP contribution < -0.4 is 0 Å². The van der Waals surface area contributed by atoms with Gasteiger partial charge < -0.3 is 5.11 Å². The van der Waals surface area contributed by atoms with Crippen LogP contribution in [-0.4, -0.2) is 11.2 Å². The fourth-order valence-electron chi connectivity index (χ4n) is 2.62. The molecule has 21 heavy (non-hydrogen) atoms. The van der Waals surface area contributed by atoms with E-state index in [4.69, 9.17) is 0 Å². The van der Waals surface area contributed by atoms with Crippen molar-refractivity contribution < 1.29 is 13.9 Å². The van der Waals surface area contributed by atoms with E-state index in [0.29, 0.717) is 18.4 Å². The molecule has 1 unspecified atom stereocenters. The Morgan fingerprint density at radius 2 is 1.38 bits per heavy atom. The molecule has 1 N–H and O–H groups in total. The molecule has 0 aromatic heterocycles. The third-order valence-electron chi connectivity index (χ3n) is 3.78. The van der Waals surface area contributed by atoms with E-state index in [0.717, 1.165) is 18.9 Å². The second kappa shape index (κ2) is 10.7. The molecular weight excluding hydrogens is 270 g/mol. The van der Waals surface area contributed by atoms with Gasteiger partial charge in [0.25, 0.3) is 0 Å². The molecule has 0 saturated carbocycles. The molecule has 0 saturated heterocycles. The number of hydrogen-bond acceptors (Lipinski definition) is 1. The van der Waals surface area contributed by atoms with Gasteiger partial charge in [-0.1, -0.05) is 58.3 Å². The van der Waals surface area contributed by atoms with Crippen LogP contribution in [-0.2, 0) is 6.42 Å². The Balaban J connectivity index is 2.09. The summed E-state index contributed by atoms with van der Waals surface area (Å²) >= 11 is 0. The maximum atomic E-state index is 13.0. The van der Waals surface area contributed by atoms with E-state index in [1.165, 1.54) is 50.7 Å². The molecule has 1 atom stereocenters. The predicted octanol–water partition coefficient (Wildman–Crippen LogP) is 5.40. The standard InChI is InChI=1S/C18H28F2O/c1-2-3-4-5-6-7-8-9-10-18(21)13-15-11-16(19)14-17(20)12-15/h11-12,14,18,21H,2-10,13H2,1H3. The fraction of sp³-hybridized carbons (Fsp3) is 0.667. The third-order valence-corrected chi connectivity index (χ3v) is 3.78. The van der Waals surface area contributed by atoms with Gasteiger partial charge in [0.2, 0.25) is 0 Å². The molecule has 0 fully saturated rings. The highest BCUT2D eigenvalue weighted by Gasteiger charge is 2.08. The van der Waals surface area contributed by atoms with Gasteiger partial charge in [-0.3, -0.25) is 0 Å². The molecule has 1 aromatic carbocycles. The van der Waals surface area contributed by atoms with Crippen LogP contribution in [0.5, 0.6) is 0 Å². The molecule has 1 aromatic rings. The first kappa shape index (κ1) is 18.1. The van der Waals surface area contributed by atoms with E-state index >= 15 is 0 Å². The van der Waals surface area contributed by atoms with Crippen LogP contribution in [0.3, 0.4) is 0 Å². The molecule has 1 rings (SSSR count). The largest absolute Gasteiger partial charge is 0.393 e. The second-order valence-electron chi connectivity index (χ2n) is 5.90. The summed E-state index contributed by atoms with van der Waals surface area (Å²) in [5.41, 5.74) is 0.527. The van der Waals surface area contributed by atoms with Crippen molar-refractivity contribution in [3.63, 3.8) is 0 Å². The zero-order valence-corrected chi connectivity index (χ0v) is 13.1. The first-order valence-corrected chi connectivity index (χ1v) is 8.25. The summed E-state index contributed by atoms with van der Waals surface area (Å²) in [5, 5.41) is 9.91. The number of aliphatic hydroxyl groups excluding tert-OH is 1. The SMILES string of the molecule is CCCCCCCCCCC(O)Cc1cc(F)cc(F)c1. The molecule has 3 heteroatoms. The molecule has 0 bridgehead atoms. The van der Waals surface area contributed by atoms with Crippen LogP contribution in [0.2, 0.25) is 0 Å². The lowest BCUT2D eigenvalue weighted by molar-refractivity contribution is 0.160. The highest BCUT2D eigenvalue weighted by atomic mass is 19.1. The highest BCUT2D eigenvalue weighted by Crippen LogP contribution is 2.14. The summed E-state index contributed by atoms with van der Waals surface area (Å²) in [6.45, 7) is 2.21. The van der Waals surface area contributed by atoms with Gasteiger partial charge in [0, 0.05) is 6.07 Å². The number of aliphatic hydroxyl groups is 1. The molecule has 0 aliphatic rings. The van der Waals surface area contributed by atoms with Gasteiger partial charge in [0.15, 0.2) is 0 Å². The number of unbranched alkanes of at least 4 members (excludes halogenated alkanes) is 7. The first-order chi connectivity index (χ1) is 10.1. The van der Waals surface area contributed by atoms with Gasteiger partial charge in [0.1, 0.15) is 11.6 Å². The summed E-state index contributed by atoms with van der Waals surface area (Å²) in [6, 6.07) is 3.44. The third kappa shape index (κ3) is 8.82. The molecule has 0 heterocycles. The lowest BCUT2D eigenvalue weighted by atomic mass is 10.0. The minimum absolute atomic E-state index is 0.325. The molecular formula is C18H28F2O. The van der Waals surface area contributed by atoms with Crippen LogP contribution >= 0.6 is 0 Å². The van der Waals surface area contributed by atoms with E-state index in [1.54, 1.807) is 0 Å². The molecule has 0 radical (unpaired) electrons. The van der Waals surface area contributed by atoms with E-state index in [-0.39, 0.29) is 0 Å². The molecule has 0 amide bonds.